The number of aromatic nitrogens is 1. The molecule has 72 valence electrons. The first kappa shape index (κ1) is 8.82. The number of hydrogen-bond donors (Lipinski definition) is 2. The van der Waals surface area contributed by atoms with Gasteiger partial charge in [0.1, 0.15) is 0 Å². The summed E-state index contributed by atoms with van der Waals surface area (Å²) in [6.07, 6.45) is 3.96. The lowest BCUT2D eigenvalue weighted by Crippen LogP contribution is -2.27. The van der Waals surface area contributed by atoms with E-state index in [1.54, 1.807) is 0 Å². The first-order valence-corrected chi connectivity index (χ1v) is 5.17. The van der Waals surface area contributed by atoms with Crippen molar-refractivity contribution < 1.29 is 0 Å². The maximum atomic E-state index is 3.56. The highest BCUT2D eigenvalue weighted by Crippen LogP contribution is 2.24. The Hall–Kier alpha value is -0.760. The first-order chi connectivity index (χ1) is 6.27. The highest BCUT2D eigenvalue weighted by Gasteiger charge is 2.17. The SMILES string of the molecule is Cc1cc(C)c([C@H]2CCCCN2)[nH]1. The van der Waals surface area contributed by atoms with E-state index in [9.17, 15) is 0 Å². The predicted octanol–water partition coefficient (Wildman–Crippen LogP) is 2.45. The van der Waals surface area contributed by atoms with Crippen molar-refractivity contribution in [3.8, 4) is 0 Å². The summed E-state index contributed by atoms with van der Waals surface area (Å²) in [5, 5.41) is 3.56. The second-order valence-corrected chi connectivity index (χ2v) is 4.05. The number of hydrogen-bond acceptors (Lipinski definition) is 1. The number of aromatic amines is 1. The molecule has 0 spiro atoms. The molecule has 2 heterocycles. The first-order valence-electron chi connectivity index (χ1n) is 5.17. The fraction of sp³-hybridized carbons (Fsp3) is 0.636. The summed E-state index contributed by atoms with van der Waals surface area (Å²) in [4.78, 5) is 3.45. The molecule has 1 fully saturated rings. The molecule has 0 aromatic carbocycles. The standard InChI is InChI=1S/C11H18N2/c1-8-7-9(2)13-11(8)10-5-3-4-6-12-10/h7,10,12-13H,3-6H2,1-2H3/t10-/m1/s1. The summed E-state index contributed by atoms with van der Waals surface area (Å²) in [7, 11) is 0. The molecule has 13 heavy (non-hydrogen) atoms. The fourth-order valence-corrected chi connectivity index (χ4v) is 2.21. The summed E-state index contributed by atoms with van der Waals surface area (Å²) in [6.45, 7) is 5.48. The van der Waals surface area contributed by atoms with Crippen LogP contribution in [0.3, 0.4) is 0 Å². The third kappa shape index (κ3) is 1.78. The van der Waals surface area contributed by atoms with E-state index in [2.05, 4.69) is 30.2 Å². The van der Waals surface area contributed by atoms with Gasteiger partial charge in [-0.3, -0.25) is 0 Å². The highest BCUT2D eigenvalue weighted by atomic mass is 15.0. The molecule has 1 aliphatic heterocycles. The monoisotopic (exact) mass is 178 g/mol. The van der Waals surface area contributed by atoms with Gasteiger partial charge in [-0.05, 0) is 44.9 Å². The van der Waals surface area contributed by atoms with E-state index in [1.165, 1.54) is 42.8 Å². The van der Waals surface area contributed by atoms with Crippen LogP contribution in [0.25, 0.3) is 0 Å². The zero-order valence-corrected chi connectivity index (χ0v) is 8.48. The molecule has 2 N–H and O–H groups in total. The van der Waals surface area contributed by atoms with Gasteiger partial charge < -0.3 is 10.3 Å². The molecule has 2 nitrogen and oxygen atoms in total. The second kappa shape index (κ2) is 3.54. The molecular formula is C11H18N2. The highest BCUT2D eigenvalue weighted by molar-refractivity contribution is 5.26. The van der Waals surface area contributed by atoms with E-state index in [4.69, 9.17) is 0 Å². The van der Waals surface area contributed by atoms with Crippen LogP contribution in [-0.2, 0) is 0 Å². The summed E-state index contributed by atoms with van der Waals surface area (Å²) in [5.41, 5.74) is 4.08. The van der Waals surface area contributed by atoms with Crippen LogP contribution in [0.5, 0.6) is 0 Å². The van der Waals surface area contributed by atoms with E-state index in [-0.39, 0.29) is 0 Å². The molecule has 2 rings (SSSR count). The van der Waals surface area contributed by atoms with Gasteiger partial charge in [0.15, 0.2) is 0 Å². The van der Waals surface area contributed by atoms with Crippen molar-refractivity contribution in [2.75, 3.05) is 6.54 Å². The minimum Gasteiger partial charge on any atom is -0.361 e. The molecule has 1 atom stereocenters. The quantitative estimate of drug-likeness (QED) is 0.679. The second-order valence-electron chi connectivity index (χ2n) is 4.05. The number of nitrogens with one attached hydrogen (secondary N) is 2. The van der Waals surface area contributed by atoms with Crippen molar-refractivity contribution in [1.29, 1.82) is 0 Å². The lowest BCUT2D eigenvalue weighted by molar-refractivity contribution is 0.405. The van der Waals surface area contributed by atoms with Gasteiger partial charge in [0.2, 0.25) is 0 Å². The lowest BCUT2D eigenvalue weighted by atomic mass is 10.0. The van der Waals surface area contributed by atoms with Crippen LogP contribution < -0.4 is 5.32 Å². The summed E-state index contributed by atoms with van der Waals surface area (Å²) < 4.78 is 0. The van der Waals surface area contributed by atoms with Crippen LogP contribution in [0.1, 0.15) is 42.3 Å². The Morgan fingerprint density at radius 3 is 2.69 bits per heavy atom. The maximum Gasteiger partial charge on any atom is 0.0475 e. The Morgan fingerprint density at radius 1 is 1.31 bits per heavy atom. The Balaban J connectivity index is 2.18. The molecule has 0 bridgehead atoms. The van der Waals surface area contributed by atoms with Crippen molar-refractivity contribution in [2.45, 2.75) is 39.2 Å². The molecule has 0 saturated carbocycles. The Kier molecular flexibility index (Phi) is 2.40. The molecule has 1 aliphatic rings. The van der Waals surface area contributed by atoms with Crippen LogP contribution in [0.4, 0.5) is 0 Å². The molecule has 0 radical (unpaired) electrons. The van der Waals surface area contributed by atoms with Crippen molar-refractivity contribution in [1.82, 2.24) is 10.3 Å². The topological polar surface area (TPSA) is 27.8 Å². The molecule has 0 aliphatic carbocycles. The lowest BCUT2D eigenvalue weighted by Gasteiger charge is -2.23. The fourth-order valence-electron chi connectivity index (χ4n) is 2.21. The molecule has 2 heteroatoms. The third-order valence-electron chi connectivity index (χ3n) is 2.85. The smallest absolute Gasteiger partial charge is 0.0475 e. The van der Waals surface area contributed by atoms with Crippen LogP contribution in [-0.4, -0.2) is 11.5 Å². The van der Waals surface area contributed by atoms with Crippen molar-refractivity contribution >= 4 is 0 Å². The molecular weight excluding hydrogens is 160 g/mol. The number of rotatable bonds is 1. The summed E-state index contributed by atoms with van der Waals surface area (Å²) in [5.74, 6) is 0. The van der Waals surface area contributed by atoms with E-state index in [0.717, 1.165) is 0 Å². The largest absolute Gasteiger partial charge is 0.361 e. The zero-order chi connectivity index (χ0) is 9.26. The summed E-state index contributed by atoms with van der Waals surface area (Å²) in [6, 6.07) is 2.80. The van der Waals surface area contributed by atoms with E-state index in [1.807, 2.05) is 0 Å². The average Bonchev–Trinajstić information content (AvgIpc) is 2.47. The van der Waals surface area contributed by atoms with Gasteiger partial charge in [-0.1, -0.05) is 6.42 Å². The van der Waals surface area contributed by atoms with Gasteiger partial charge >= 0.3 is 0 Å². The van der Waals surface area contributed by atoms with E-state index < -0.39 is 0 Å². The minimum absolute atomic E-state index is 0.572. The van der Waals surface area contributed by atoms with Gasteiger partial charge in [-0.15, -0.1) is 0 Å². The molecule has 0 amide bonds. The Labute approximate surface area is 79.7 Å². The van der Waals surface area contributed by atoms with Crippen molar-refractivity contribution in [3.05, 3.63) is 23.0 Å². The Morgan fingerprint density at radius 2 is 2.15 bits per heavy atom. The van der Waals surface area contributed by atoms with E-state index in [0.29, 0.717) is 6.04 Å². The van der Waals surface area contributed by atoms with Gasteiger partial charge in [0, 0.05) is 17.4 Å². The predicted molar refractivity (Wildman–Crippen MR) is 54.9 cm³/mol. The molecule has 0 unspecified atom stereocenters. The number of H-pyrrole nitrogens is 1. The maximum absolute atomic E-state index is 3.56. The van der Waals surface area contributed by atoms with Crippen LogP contribution >= 0.6 is 0 Å². The summed E-state index contributed by atoms with van der Waals surface area (Å²) >= 11 is 0. The zero-order valence-electron chi connectivity index (χ0n) is 8.48. The number of aryl methyl sites for hydroxylation is 2. The molecule has 1 aromatic rings. The van der Waals surface area contributed by atoms with Crippen LogP contribution in [0.2, 0.25) is 0 Å². The molecule has 1 aromatic heterocycles. The van der Waals surface area contributed by atoms with Gasteiger partial charge in [-0.2, -0.15) is 0 Å². The van der Waals surface area contributed by atoms with Crippen LogP contribution in [0.15, 0.2) is 6.07 Å². The normalized spacial score (nSPS) is 23.4. The van der Waals surface area contributed by atoms with Crippen LogP contribution in [0, 0.1) is 13.8 Å². The minimum atomic E-state index is 0.572. The van der Waals surface area contributed by atoms with Gasteiger partial charge in [0.25, 0.3) is 0 Å². The number of piperidine rings is 1. The van der Waals surface area contributed by atoms with Crippen molar-refractivity contribution in [2.24, 2.45) is 0 Å². The van der Waals surface area contributed by atoms with Gasteiger partial charge in [0.05, 0.1) is 0 Å². The van der Waals surface area contributed by atoms with Gasteiger partial charge in [-0.25, -0.2) is 0 Å². The van der Waals surface area contributed by atoms with Crippen molar-refractivity contribution in [3.63, 3.8) is 0 Å². The molecule has 1 saturated heterocycles. The Bertz CT molecular complexity index is 282. The average molecular weight is 178 g/mol. The third-order valence-corrected chi connectivity index (χ3v) is 2.85. The van der Waals surface area contributed by atoms with E-state index >= 15 is 0 Å².